The number of rotatable bonds is 6. The van der Waals surface area contributed by atoms with Gasteiger partial charge >= 0.3 is 0 Å². The van der Waals surface area contributed by atoms with Gasteiger partial charge in [0.05, 0.1) is 19.8 Å². The van der Waals surface area contributed by atoms with Crippen LogP contribution in [-0.2, 0) is 14.3 Å². The second-order valence-electron chi connectivity index (χ2n) is 6.48. The Hall–Kier alpha value is -3.19. The number of ketones is 1. The van der Waals surface area contributed by atoms with Gasteiger partial charge in [-0.15, -0.1) is 0 Å². The zero-order valence-electron chi connectivity index (χ0n) is 16.0. The summed E-state index contributed by atoms with van der Waals surface area (Å²) in [5.74, 6) is -1.30. The Morgan fingerprint density at radius 3 is 2.64 bits per heavy atom. The predicted molar refractivity (Wildman–Crippen MR) is 99.0 cm³/mol. The lowest BCUT2D eigenvalue weighted by Gasteiger charge is -2.26. The molecule has 28 heavy (non-hydrogen) atoms. The molecule has 1 aliphatic heterocycles. The third kappa shape index (κ3) is 3.48. The van der Waals surface area contributed by atoms with E-state index in [1.807, 2.05) is 0 Å². The highest BCUT2D eigenvalue weighted by Gasteiger charge is 2.44. The van der Waals surface area contributed by atoms with Crippen molar-refractivity contribution in [3.8, 4) is 5.75 Å². The van der Waals surface area contributed by atoms with Crippen LogP contribution in [-0.4, -0.2) is 44.0 Å². The highest BCUT2D eigenvalue weighted by molar-refractivity contribution is 6.46. The molecule has 146 valence electrons. The Labute approximate surface area is 163 Å². The highest BCUT2D eigenvalue weighted by Crippen LogP contribution is 2.38. The Morgan fingerprint density at radius 1 is 1.25 bits per heavy atom. The Kier molecular flexibility index (Phi) is 5.75. The smallest absolute Gasteiger partial charge is 0.295 e. The first kappa shape index (κ1) is 19.6. The van der Waals surface area contributed by atoms with Gasteiger partial charge in [0.15, 0.2) is 12.4 Å². The van der Waals surface area contributed by atoms with Gasteiger partial charge in [-0.2, -0.15) is 0 Å². The van der Waals surface area contributed by atoms with Crippen molar-refractivity contribution < 1.29 is 29.2 Å². The summed E-state index contributed by atoms with van der Waals surface area (Å²) in [5.41, 5.74) is 1.66. The number of H-pyrrole nitrogens is 1. The first-order valence-electron chi connectivity index (χ1n) is 8.86. The van der Waals surface area contributed by atoms with Gasteiger partial charge < -0.3 is 19.5 Å². The predicted octanol–water partition coefficient (Wildman–Crippen LogP) is 0.688. The topological polar surface area (TPSA) is 93.0 Å². The molecule has 7 heteroatoms. The summed E-state index contributed by atoms with van der Waals surface area (Å²) in [5, 5.41) is 13.3. The number of aromatic amines is 1. The molecule has 0 aliphatic carbocycles. The first-order chi connectivity index (χ1) is 13.5. The Balaban J connectivity index is 2.16. The lowest BCUT2D eigenvalue weighted by Crippen LogP contribution is -2.33. The summed E-state index contributed by atoms with van der Waals surface area (Å²) in [6.45, 7) is 2.24. The van der Waals surface area contributed by atoms with E-state index in [0.717, 1.165) is 0 Å². The molecule has 0 spiro atoms. The maximum absolute atomic E-state index is 13.3. The molecule has 1 N–H and O–H groups in total. The number of methoxy groups -OCH3 is 2. The highest BCUT2D eigenvalue weighted by atomic mass is 16.5. The number of pyridine rings is 1. The third-order valence-corrected chi connectivity index (χ3v) is 4.79. The molecule has 1 saturated heterocycles. The van der Waals surface area contributed by atoms with Crippen LogP contribution in [0.25, 0.3) is 5.76 Å². The largest absolute Gasteiger partial charge is 0.872 e. The van der Waals surface area contributed by atoms with E-state index < -0.39 is 23.5 Å². The number of carbonyl (C=O) groups is 2. The number of likely N-dealkylation sites (tertiary alicyclic amines) is 1. The number of ether oxygens (including phenoxy) is 2. The minimum Gasteiger partial charge on any atom is -0.872 e. The molecule has 2 heterocycles. The van der Waals surface area contributed by atoms with Crippen LogP contribution in [0.2, 0.25) is 0 Å². The lowest BCUT2D eigenvalue weighted by molar-refractivity contribution is -0.379. The van der Waals surface area contributed by atoms with Gasteiger partial charge in [-0.1, -0.05) is 11.8 Å². The summed E-state index contributed by atoms with van der Waals surface area (Å²) in [7, 11) is 3.06. The van der Waals surface area contributed by atoms with Gasteiger partial charge in [-0.25, -0.2) is 4.98 Å². The zero-order valence-corrected chi connectivity index (χ0v) is 16.0. The van der Waals surface area contributed by atoms with Crippen LogP contribution >= 0.6 is 0 Å². The fraction of sp³-hybridized carbons (Fsp3) is 0.286. The molecule has 1 fully saturated rings. The van der Waals surface area contributed by atoms with Crippen LogP contribution in [0.1, 0.15) is 22.7 Å². The number of benzene rings is 1. The average Bonchev–Trinajstić information content (AvgIpc) is 2.97. The Morgan fingerprint density at radius 2 is 2.04 bits per heavy atom. The molecular formula is C21H22N2O5. The normalized spacial score (nSPS) is 18.5. The molecule has 1 aliphatic rings. The van der Waals surface area contributed by atoms with Crippen molar-refractivity contribution in [2.24, 2.45) is 0 Å². The van der Waals surface area contributed by atoms with Gasteiger partial charge in [0.1, 0.15) is 5.75 Å². The van der Waals surface area contributed by atoms with E-state index in [1.54, 1.807) is 56.8 Å². The molecule has 1 unspecified atom stereocenters. The first-order valence-corrected chi connectivity index (χ1v) is 8.86. The molecule has 1 aromatic heterocycles. The van der Waals surface area contributed by atoms with Crippen LogP contribution in [0.5, 0.6) is 5.75 Å². The van der Waals surface area contributed by atoms with E-state index in [1.165, 1.54) is 12.0 Å². The number of carbonyl (C=O) groups excluding carboxylic acids is 2. The van der Waals surface area contributed by atoms with Crippen molar-refractivity contribution in [3.05, 3.63) is 65.0 Å². The molecule has 0 radical (unpaired) electrons. The fourth-order valence-electron chi connectivity index (χ4n) is 3.38. The average molecular weight is 382 g/mol. The molecule has 2 aromatic rings. The molecule has 1 aromatic carbocycles. The van der Waals surface area contributed by atoms with Crippen molar-refractivity contribution >= 4 is 17.4 Å². The van der Waals surface area contributed by atoms with E-state index in [2.05, 4.69) is 4.98 Å². The number of nitrogens with one attached hydrogen (secondary N) is 1. The minimum atomic E-state index is -0.773. The standard InChI is InChI=1S/C21H22N2O5/c1-13-11-15(28-3)6-7-16(13)19(24)17-18(14-5-4-8-22-12-14)23(9-10-27-2)21(26)20(17)25/h4-8,11-12,18,24H,9-10H2,1-3H3/b19-17+. The SMILES string of the molecule is COCCN1C(=O)C(=O)/C(=C(/[O-])c2ccc(OC)cc2C)C1c1ccc[nH+]c1. The summed E-state index contributed by atoms with van der Waals surface area (Å²) >= 11 is 0. The molecule has 3 rings (SSSR count). The summed E-state index contributed by atoms with van der Waals surface area (Å²) < 4.78 is 10.3. The second kappa shape index (κ2) is 8.22. The van der Waals surface area contributed by atoms with Crippen molar-refractivity contribution in [1.29, 1.82) is 0 Å². The van der Waals surface area contributed by atoms with E-state index in [0.29, 0.717) is 22.4 Å². The van der Waals surface area contributed by atoms with E-state index in [-0.39, 0.29) is 18.7 Å². The number of amides is 1. The minimum absolute atomic E-state index is 0.0473. The molecule has 0 saturated carbocycles. The number of Topliss-reactive ketones (excluding diaryl/α,β-unsaturated/α-hetero) is 1. The van der Waals surface area contributed by atoms with E-state index in [9.17, 15) is 14.7 Å². The number of hydrogen-bond acceptors (Lipinski definition) is 5. The van der Waals surface area contributed by atoms with Crippen molar-refractivity contribution in [3.63, 3.8) is 0 Å². The monoisotopic (exact) mass is 382 g/mol. The molecule has 0 bridgehead atoms. The lowest BCUT2D eigenvalue weighted by atomic mass is 9.94. The molecular weight excluding hydrogens is 360 g/mol. The number of hydrogen-bond donors (Lipinski definition) is 0. The van der Waals surface area contributed by atoms with Gasteiger partial charge in [0.25, 0.3) is 5.91 Å². The van der Waals surface area contributed by atoms with Crippen molar-refractivity contribution in [1.82, 2.24) is 4.90 Å². The maximum atomic E-state index is 13.3. The van der Waals surface area contributed by atoms with Gasteiger partial charge in [-0.05, 0) is 36.2 Å². The molecule has 7 nitrogen and oxygen atoms in total. The molecule has 1 amide bonds. The van der Waals surface area contributed by atoms with Crippen LogP contribution in [0.4, 0.5) is 0 Å². The summed E-state index contributed by atoms with van der Waals surface area (Å²) in [4.78, 5) is 29.8. The van der Waals surface area contributed by atoms with Crippen molar-refractivity contribution in [2.45, 2.75) is 13.0 Å². The van der Waals surface area contributed by atoms with Crippen LogP contribution < -0.4 is 14.8 Å². The zero-order chi connectivity index (χ0) is 20.3. The number of aryl methyl sites for hydroxylation is 1. The quantitative estimate of drug-likeness (QED) is 0.416. The maximum Gasteiger partial charge on any atom is 0.295 e. The van der Waals surface area contributed by atoms with Crippen LogP contribution in [0.3, 0.4) is 0 Å². The van der Waals surface area contributed by atoms with Gasteiger partial charge in [-0.3, -0.25) is 9.59 Å². The van der Waals surface area contributed by atoms with E-state index in [4.69, 9.17) is 9.47 Å². The third-order valence-electron chi connectivity index (χ3n) is 4.79. The summed E-state index contributed by atoms with van der Waals surface area (Å²) in [6, 6.07) is 7.78. The van der Waals surface area contributed by atoms with E-state index >= 15 is 0 Å². The van der Waals surface area contributed by atoms with Gasteiger partial charge in [0, 0.05) is 30.9 Å². The van der Waals surface area contributed by atoms with Crippen molar-refractivity contribution in [2.75, 3.05) is 27.4 Å². The molecule has 1 atom stereocenters. The second-order valence-corrected chi connectivity index (χ2v) is 6.48. The van der Waals surface area contributed by atoms with Crippen LogP contribution in [0, 0.1) is 6.92 Å². The number of aromatic nitrogens is 1. The Bertz CT molecular complexity index is 924. The van der Waals surface area contributed by atoms with Crippen LogP contribution in [0.15, 0.2) is 48.3 Å². The van der Waals surface area contributed by atoms with Gasteiger partial charge in [0.2, 0.25) is 5.78 Å². The number of nitrogens with zero attached hydrogens (tertiary/aromatic N) is 1. The fourth-order valence-corrected chi connectivity index (χ4v) is 3.38. The summed E-state index contributed by atoms with van der Waals surface area (Å²) in [6.07, 6.45) is 3.40.